The molecule has 0 saturated carbocycles. The number of hydrogen-bond donors (Lipinski definition) is 0. The third kappa shape index (κ3) is 44.0. The van der Waals surface area contributed by atoms with E-state index in [1.807, 2.05) is 0 Å². The molecule has 0 aliphatic rings. The van der Waals surface area contributed by atoms with Crippen LogP contribution >= 0.6 is 8.63 Å². The van der Waals surface area contributed by atoms with Crippen molar-refractivity contribution in [1.82, 2.24) is 0 Å². The summed E-state index contributed by atoms with van der Waals surface area (Å²) >= 11 is 0. The zero-order chi connectivity index (χ0) is 3.58. The Balaban J connectivity index is -0.0000000450. The molecule has 0 amide bonds. The molecular formula is H3NaO3P+. The molecule has 1 unspecified atom stereocenters. The van der Waals surface area contributed by atoms with Gasteiger partial charge in [0.1, 0.15) is 0 Å². The first-order valence-electron chi connectivity index (χ1n) is 0.812. The fourth-order valence-electron chi connectivity index (χ4n) is 0. The molecule has 5 heteroatoms. The Hall–Kier alpha value is 1.02. The molecule has 0 aromatic carbocycles. The molecule has 0 radical (unpaired) electrons. The quantitative estimate of drug-likeness (QED) is 0.230. The molecule has 0 heterocycles. The van der Waals surface area contributed by atoms with Gasteiger partial charge in [0.25, 0.3) is 8.63 Å². The Morgan fingerprint density at radius 1 is 2.00 bits per heavy atom. The van der Waals surface area contributed by atoms with Crippen molar-refractivity contribution in [1.29, 1.82) is 1.28 Å². The topological polar surface area (TPSA) is 71.6 Å². The fourth-order valence-corrected chi connectivity index (χ4v) is 0. The van der Waals surface area contributed by atoms with Crippen LogP contribution in [-0.2, 0) is 4.57 Å². The van der Waals surface area contributed by atoms with Crippen LogP contribution in [0.3, 0.4) is 0 Å². The summed E-state index contributed by atoms with van der Waals surface area (Å²) in [7, 11) is -2.87. The minimum atomic E-state index is -2.87. The molecule has 0 aromatic heterocycles. The van der Waals surface area contributed by atoms with Crippen molar-refractivity contribution < 1.29 is 44.5 Å². The monoisotopic (exact) mass is 106 g/mol. The maximum atomic E-state index is 8.70. The first-order valence-corrected chi connectivity index (χ1v) is 1.10. The van der Waals surface area contributed by atoms with Crippen LogP contribution in [0.25, 0.3) is 0 Å². The van der Waals surface area contributed by atoms with Gasteiger partial charge < -0.3 is 10.4 Å². The number of rotatable bonds is 0. The van der Waals surface area contributed by atoms with E-state index in [0.29, 0.717) is 0 Å². The van der Waals surface area contributed by atoms with Crippen LogP contribution in [0.2, 0.25) is 0 Å². The zero-order valence-corrected chi connectivity index (χ0v) is 5.66. The van der Waals surface area contributed by atoms with Gasteiger partial charge in [0.15, 0.2) is 0 Å². The summed E-state index contributed by atoms with van der Waals surface area (Å²) in [6.07, 6.45) is 0. The van der Waals surface area contributed by atoms with E-state index in [1.54, 1.807) is 0 Å². The van der Waals surface area contributed by atoms with Gasteiger partial charge in [-0.1, -0.05) is 4.57 Å². The molecule has 0 aliphatic heterocycles. The van der Waals surface area contributed by atoms with E-state index >= 15 is 0 Å². The third-order valence-corrected chi connectivity index (χ3v) is 0. The minimum Gasteiger partial charge on any atom is -0.597 e. The Morgan fingerprint density at radius 2 is 2.00 bits per heavy atom. The Morgan fingerprint density at radius 3 is 2.00 bits per heavy atom. The van der Waals surface area contributed by atoms with Gasteiger partial charge in [0.05, 0.1) is 0 Å². The number of hydrogen-bond acceptors (Lipinski definition) is 2. The summed E-state index contributed by atoms with van der Waals surface area (Å²) in [5.41, 5.74) is 0. The van der Waals surface area contributed by atoms with E-state index in [-0.39, 0.29) is 35.0 Å². The normalized spacial score (nSPS) is 9.00. The van der Waals surface area contributed by atoms with E-state index in [2.05, 4.69) is 0 Å². The average molecular weight is 106 g/mol. The average Bonchev–Trinajstić information content (AvgIpc) is 0.811. The van der Waals surface area contributed by atoms with E-state index in [4.69, 9.17) is 10.7 Å². The standard InChI is InChI=1S/Na.HO2P.H2O/c;1-3-2;/h;3H;1H2/q+1;;/i;3D;. The summed E-state index contributed by atoms with van der Waals surface area (Å²) in [6.45, 7) is 0. The van der Waals surface area contributed by atoms with Crippen molar-refractivity contribution in [2.24, 2.45) is 0 Å². The second-order valence-electron chi connectivity index (χ2n) is 0.0745. The van der Waals surface area contributed by atoms with Crippen molar-refractivity contribution in [2.75, 3.05) is 0 Å². The van der Waals surface area contributed by atoms with Gasteiger partial charge in [-0.25, -0.2) is 0 Å². The minimum absolute atomic E-state index is 0. The van der Waals surface area contributed by atoms with Gasteiger partial charge in [0.2, 0.25) is 0 Å². The molecule has 0 bridgehead atoms. The fraction of sp³-hybridized carbons (Fsp3) is 0. The summed E-state index contributed by atoms with van der Waals surface area (Å²) < 4.78 is 14.2. The van der Waals surface area contributed by atoms with Crippen LogP contribution in [0.1, 0.15) is 0 Å². The molecule has 0 aliphatic carbocycles. The van der Waals surface area contributed by atoms with Gasteiger partial charge >= 0.3 is 30.8 Å². The van der Waals surface area contributed by atoms with Crippen molar-refractivity contribution in [3.05, 3.63) is 0 Å². The molecule has 0 aromatic rings. The summed E-state index contributed by atoms with van der Waals surface area (Å²) in [6, 6.07) is 0. The van der Waals surface area contributed by atoms with E-state index in [0.717, 1.165) is 0 Å². The van der Waals surface area contributed by atoms with Crippen molar-refractivity contribution in [3.63, 3.8) is 0 Å². The summed E-state index contributed by atoms with van der Waals surface area (Å²) in [4.78, 5) is 8.70. The molecule has 0 spiro atoms. The van der Waals surface area contributed by atoms with Crippen LogP contribution in [0.5, 0.6) is 0 Å². The molecular weight excluding hydrogens is 102 g/mol. The molecule has 5 heavy (non-hydrogen) atoms. The maximum absolute atomic E-state index is 8.70. The first kappa shape index (κ1) is 9.39. The van der Waals surface area contributed by atoms with Crippen LogP contribution < -0.4 is 34.5 Å². The molecule has 0 rings (SSSR count). The van der Waals surface area contributed by atoms with Gasteiger partial charge in [-0.3, -0.25) is 0 Å². The third-order valence-electron chi connectivity index (χ3n) is 0. The molecule has 3 nitrogen and oxygen atoms in total. The Kier molecular flexibility index (Phi) is 37.3. The van der Waals surface area contributed by atoms with Gasteiger partial charge in [-0.15, -0.1) is 0 Å². The second-order valence-corrected chi connectivity index (χ2v) is 0.224. The van der Waals surface area contributed by atoms with E-state index < -0.39 is 8.63 Å². The molecule has 2 N–H and O–H groups in total. The maximum Gasteiger partial charge on any atom is 1.00 e. The van der Waals surface area contributed by atoms with Crippen LogP contribution in [0, 0.1) is 0 Å². The first-order chi connectivity index (χ1) is 1.73. The molecule has 26 valence electrons. The largest absolute Gasteiger partial charge is 1.00 e. The van der Waals surface area contributed by atoms with Crippen molar-refractivity contribution >= 4 is 8.63 Å². The van der Waals surface area contributed by atoms with Crippen LogP contribution in [0.15, 0.2) is 0 Å². The summed E-state index contributed by atoms with van der Waals surface area (Å²) in [5.74, 6) is 0. The van der Waals surface area contributed by atoms with Crippen LogP contribution in [-0.4, -0.2) is 6.75 Å². The van der Waals surface area contributed by atoms with Crippen molar-refractivity contribution in [2.45, 2.75) is 0 Å². The zero-order valence-electron chi connectivity index (χ0n) is 3.76. The van der Waals surface area contributed by atoms with Gasteiger partial charge in [-0.2, -0.15) is 0 Å². The summed E-state index contributed by atoms with van der Waals surface area (Å²) in [5, 5.41) is 0. The molecule has 1 atom stereocenters. The Bertz CT molecular complexity index is 33.8. The second kappa shape index (κ2) is 19.9. The smallest absolute Gasteiger partial charge is 0.597 e. The predicted molar refractivity (Wildman–Crippen MR) is 12.6 cm³/mol. The van der Waals surface area contributed by atoms with Crippen LogP contribution in [0.4, 0.5) is 0 Å². The van der Waals surface area contributed by atoms with Crippen molar-refractivity contribution in [3.8, 4) is 0 Å². The SMILES string of the molecule is O.[2H][P+](=O)[O-].[Na+]. The predicted octanol–water partition coefficient (Wildman–Crippen LogP) is -4.53. The Labute approximate surface area is 54.6 Å². The van der Waals surface area contributed by atoms with Gasteiger partial charge in [0, 0.05) is 0 Å². The van der Waals surface area contributed by atoms with E-state index in [1.165, 1.54) is 0 Å². The van der Waals surface area contributed by atoms with Gasteiger partial charge in [-0.05, 0) is 0 Å². The van der Waals surface area contributed by atoms with E-state index in [9.17, 15) is 0 Å². The molecule has 0 saturated heterocycles. The molecule has 0 fully saturated rings.